The molecular formula is C17H25ClN4O4. The van der Waals surface area contributed by atoms with Crippen molar-refractivity contribution in [2.45, 2.75) is 45.6 Å². The lowest BCUT2D eigenvalue weighted by Crippen LogP contribution is -2.50. The summed E-state index contributed by atoms with van der Waals surface area (Å²) >= 11 is 6.22. The van der Waals surface area contributed by atoms with E-state index in [4.69, 9.17) is 21.4 Å². The molecule has 26 heavy (non-hydrogen) atoms. The van der Waals surface area contributed by atoms with E-state index in [-0.39, 0.29) is 23.6 Å². The number of carboxylic acid groups (broad SMARTS) is 1. The Hall–Kier alpha value is -2.09. The normalized spacial score (nSPS) is 16.3. The SMILES string of the molecule is CC(CC(=O)O)c1c(Cl)ncnc1N1CCN(C(=O)OC(C)(C)C)CC1. The van der Waals surface area contributed by atoms with Crippen molar-refractivity contribution in [2.75, 3.05) is 31.1 Å². The number of nitrogens with zero attached hydrogens (tertiary/aromatic N) is 4. The summed E-state index contributed by atoms with van der Waals surface area (Å²) < 4.78 is 5.40. The number of hydrogen-bond donors (Lipinski definition) is 1. The van der Waals surface area contributed by atoms with Gasteiger partial charge in [0, 0.05) is 31.7 Å². The van der Waals surface area contributed by atoms with Crippen molar-refractivity contribution in [3.63, 3.8) is 0 Å². The number of aliphatic carboxylic acids is 1. The lowest BCUT2D eigenvalue weighted by atomic mass is 9.99. The Morgan fingerprint density at radius 2 is 1.88 bits per heavy atom. The summed E-state index contributed by atoms with van der Waals surface area (Å²) in [4.78, 5) is 35.2. The summed E-state index contributed by atoms with van der Waals surface area (Å²) in [5.41, 5.74) is 0.0932. The number of aromatic nitrogens is 2. The van der Waals surface area contributed by atoms with Crippen molar-refractivity contribution in [1.82, 2.24) is 14.9 Å². The van der Waals surface area contributed by atoms with Crippen LogP contribution in [0.25, 0.3) is 0 Å². The minimum atomic E-state index is -0.905. The molecule has 0 aliphatic carbocycles. The van der Waals surface area contributed by atoms with E-state index in [1.54, 1.807) is 11.8 Å². The fraction of sp³-hybridized carbons (Fsp3) is 0.647. The van der Waals surface area contributed by atoms with E-state index >= 15 is 0 Å². The molecular weight excluding hydrogens is 360 g/mol. The fourth-order valence-corrected chi connectivity index (χ4v) is 3.15. The molecule has 0 aromatic carbocycles. The Morgan fingerprint density at radius 1 is 1.27 bits per heavy atom. The van der Waals surface area contributed by atoms with Crippen molar-refractivity contribution < 1.29 is 19.4 Å². The molecule has 1 aromatic heterocycles. The molecule has 0 radical (unpaired) electrons. The van der Waals surface area contributed by atoms with Crippen molar-refractivity contribution in [1.29, 1.82) is 0 Å². The number of carboxylic acids is 1. The summed E-state index contributed by atoms with van der Waals surface area (Å²) in [6.07, 6.45) is 0.977. The van der Waals surface area contributed by atoms with Crippen LogP contribution < -0.4 is 4.90 Å². The number of carbonyl (C=O) groups excluding carboxylic acids is 1. The van der Waals surface area contributed by atoms with Crippen LogP contribution in [0.5, 0.6) is 0 Å². The van der Waals surface area contributed by atoms with Gasteiger partial charge in [0.2, 0.25) is 0 Å². The Morgan fingerprint density at radius 3 is 2.42 bits per heavy atom. The maximum absolute atomic E-state index is 12.2. The van der Waals surface area contributed by atoms with Crippen molar-refractivity contribution >= 4 is 29.5 Å². The van der Waals surface area contributed by atoms with Gasteiger partial charge in [-0.2, -0.15) is 0 Å². The summed E-state index contributed by atoms with van der Waals surface area (Å²) in [7, 11) is 0. The van der Waals surface area contributed by atoms with Crippen molar-refractivity contribution in [3.8, 4) is 0 Å². The zero-order chi connectivity index (χ0) is 19.5. The summed E-state index contributed by atoms with van der Waals surface area (Å²) in [5, 5.41) is 9.33. The molecule has 1 unspecified atom stereocenters. The number of anilines is 1. The molecule has 1 atom stereocenters. The summed E-state index contributed by atoms with van der Waals surface area (Å²) in [5.74, 6) is -0.596. The third-order valence-electron chi connectivity index (χ3n) is 4.02. The molecule has 1 aromatic rings. The highest BCUT2D eigenvalue weighted by Gasteiger charge is 2.29. The third kappa shape index (κ3) is 5.20. The Labute approximate surface area is 158 Å². The van der Waals surface area contributed by atoms with Gasteiger partial charge in [0.1, 0.15) is 22.9 Å². The molecule has 1 aliphatic heterocycles. The molecule has 1 amide bonds. The average Bonchev–Trinajstić information content (AvgIpc) is 2.52. The largest absolute Gasteiger partial charge is 0.481 e. The first kappa shape index (κ1) is 20.2. The van der Waals surface area contributed by atoms with Crippen LogP contribution in [-0.4, -0.2) is 63.8 Å². The fourth-order valence-electron chi connectivity index (χ4n) is 2.83. The number of hydrogen-bond acceptors (Lipinski definition) is 6. The maximum Gasteiger partial charge on any atom is 0.410 e. The van der Waals surface area contributed by atoms with Crippen LogP contribution in [0.2, 0.25) is 5.15 Å². The van der Waals surface area contributed by atoms with E-state index in [1.165, 1.54) is 6.33 Å². The molecule has 1 aliphatic rings. The monoisotopic (exact) mass is 384 g/mol. The molecule has 144 valence electrons. The van der Waals surface area contributed by atoms with E-state index < -0.39 is 11.6 Å². The van der Waals surface area contributed by atoms with Gasteiger partial charge in [-0.05, 0) is 26.7 Å². The van der Waals surface area contributed by atoms with E-state index in [0.29, 0.717) is 37.6 Å². The van der Waals surface area contributed by atoms with Crippen LogP contribution in [0, 0.1) is 0 Å². The predicted molar refractivity (Wildman–Crippen MR) is 97.7 cm³/mol. The number of halogens is 1. The van der Waals surface area contributed by atoms with Crippen molar-refractivity contribution in [3.05, 3.63) is 17.0 Å². The van der Waals surface area contributed by atoms with Gasteiger partial charge in [0.05, 0.1) is 6.42 Å². The number of piperazine rings is 1. The Balaban J connectivity index is 2.11. The van der Waals surface area contributed by atoms with E-state index in [9.17, 15) is 9.59 Å². The van der Waals surface area contributed by atoms with Crippen LogP contribution >= 0.6 is 11.6 Å². The molecule has 1 N–H and O–H groups in total. The van der Waals surface area contributed by atoms with Crippen LogP contribution in [0.1, 0.15) is 45.6 Å². The lowest BCUT2D eigenvalue weighted by Gasteiger charge is -2.37. The molecule has 2 heterocycles. The number of ether oxygens (including phenoxy) is 1. The third-order valence-corrected chi connectivity index (χ3v) is 4.32. The number of carbonyl (C=O) groups is 2. The van der Waals surface area contributed by atoms with Crippen molar-refractivity contribution in [2.24, 2.45) is 0 Å². The average molecular weight is 385 g/mol. The van der Waals surface area contributed by atoms with Crippen LogP contribution in [0.15, 0.2) is 6.33 Å². The molecule has 2 rings (SSSR count). The van der Waals surface area contributed by atoms with Gasteiger partial charge >= 0.3 is 12.1 Å². The van der Waals surface area contributed by atoms with Crippen LogP contribution in [0.4, 0.5) is 10.6 Å². The predicted octanol–water partition coefficient (Wildman–Crippen LogP) is 2.77. The molecule has 0 saturated carbocycles. The van der Waals surface area contributed by atoms with Gasteiger partial charge in [0.25, 0.3) is 0 Å². The number of rotatable bonds is 4. The maximum atomic E-state index is 12.2. The highest BCUT2D eigenvalue weighted by Crippen LogP contribution is 2.33. The molecule has 0 bridgehead atoms. The quantitative estimate of drug-likeness (QED) is 0.797. The zero-order valence-electron chi connectivity index (χ0n) is 15.5. The minimum Gasteiger partial charge on any atom is -0.481 e. The molecule has 9 heteroatoms. The zero-order valence-corrected chi connectivity index (χ0v) is 16.3. The molecule has 1 saturated heterocycles. The Kier molecular flexibility index (Phi) is 6.28. The summed E-state index contributed by atoms with van der Waals surface area (Å²) in [6, 6.07) is 0. The van der Waals surface area contributed by atoms with E-state index in [0.717, 1.165) is 0 Å². The second-order valence-electron chi connectivity index (χ2n) is 7.36. The van der Waals surface area contributed by atoms with Gasteiger partial charge in [-0.3, -0.25) is 4.79 Å². The number of amides is 1. The van der Waals surface area contributed by atoms with Crippen LogP contribution in [-0.2, 0) is 9.53 Å². The Bertz CT molecular complexity index is 669. The standard InChI is InChI=1S/C17H25ClN4O4/c1-11(9-12(23)24)13-14(18)19-10-20-15(13)21-5-7-22(8-6-21)16(25)26-17(2,3)4/h10-11H,5-9H2,1-4H3,(H,23,24). The van der Waals surface area contributed by atoms with Gasteiger partial charge in [-0.1, -0.05) is 18.5 Å². The van der Waals surface area contributed by atoms with E-state index in [2.05, 4.69) is 9.97 Å². The smallest absolute Gasteiger partial charge is 0.410 e. The van der Waals surface area contributed by atoms with Gasteiger partial charge < -0.3 is 19.6 Å². The first-order chi connectivity index (χ1) is 12.1. The van der Waals surface area contributed by atoms with Crippen LogP contribution in [0.3, 0.4) is 0 Å². The first-order valence-corrected chi connectivity index (χ1v) is 8.91. The lowest BCUT2D eigenvalue weighted by molar-refractivity contribution is -0.137. The second kappa shape index (κ2) is 8.07. The summed E-state index contributed by atoms with van der Waals surface area (Å²) in [6.45, 7) is 9.38. The highest BCUT2D eigenvalue weighted by molar-refractivity contribution is 6.30. The topological polar surface area (TPSA) is 95.9 Å². The van der Waals surface area contributed by atoms with Gasteiger partial charge in [0.15, 0.2) is 0 Å². The van der Waals surface area contributed by atoms with E-state index in [1.807, 2.05) is 25.7 Å². The molecule has 8 nitrogen and oxygen atoms in total. The molecule has 0 spiro atoms. The second-order valence-corrected chi connectivity index (χ2v) is 7.71. The minimum absolute atomic E-state index is 0.0576. The first-order valence-electron chi connectivity index (χ1n) is 8.53. The van der Waals surface area contributed by atoms with Gasteiger partial charge in [-0.15, -0.1) is 0 Å². The molecule has 1 fully saturated rings. The van der Waals surface area contributed by atoms with Gasteiger partial charge in [-0.25, -0.2) is 14.8 Å². The highest BCUT2D eigenvalue weighted by atomic mass is 35.5.